The Labute approximate surface area is 233 Å². The highest BCUT2D eigenvalue weighted by molar-refractivity contribution is 7.56. The molecule has 3 aromatic carbocycles. The second-order valence-corrected chi connectivity index (χ2v) is 11.9. The molecule has 0 amide bonds. The Morgan fingerprint density at radius 3 is 1.87 bits per heavy atom. The summed E-state index contributed by atoms with van der Waals surface area (Å²) < 4.78 is 33.8. The molecule has 0 aliphatic carbocycles. The van der Waals surface area contributed by atoms with Crippen LogP contribution in [0.4, 0.5) is 0 Å². The number of hydrogen-bond acceptors (Lipinski definition) is 5. The first-order valence-electron chi connectivity index (χ1n) is 13.2. The molecule has 0 aromatic heterocycles. The van der Waals surface area contributed by atoms with Gasteiger partial charge in [-0.25, -0.2) is 4.57 Å². The van der Waals surface area contributed by atoms with Crippen molar-refractivity contribution in [3.05, 3.63) is 127 Å². The van der Waals surface area contributed by atoms with Gasteiger partial charge in [0.1, 0.15) is 23.0 Å². The molecule has 6 heteroatoms. The second-order valence-electron chi connectivity index (χ2n) is 9.73. The third-order valence-corrected chi connectivity index (χ3v) is 9.58. The maximum Gasteiger partial charge on any atom is 0.474 e. The van der Waals surface area contributed by atoms with Gasteiger partial charge < -0.3 is 18.9 Å². The highest BCUT2D eigenvalue weighted by atomic mass is 31.2. The molecule has 0 aliphatic heterocycles. The van der Waals surface area contributed by atoms with Crippen LogP contribution in [-0.2, 0) is 14.7 Å². The van der Waals surface area contributed by atoms with E-state index >= 15 is 0 Å². The average Bonchev–Trinajstić information content (AvgIpc) is 2.94. The van der Waals surface area contributed by atoms with Crippen LogP contribution < -0.4 is 9.05 Å². The zero-order chi connectivity index (χ0) is 28.5. The van der Waals surface area contributed by atoms with Crippen LogP contribution in [0.15, 0.2) is 116 Å². The van der Waals surface area contributed by atoms with Crippen molar-refractivity contribution in [2.75, 3.05) is 0 Å². The Hall–Kier alpha value is -3.69. The molecular weight excluding hydrogens is 507 g/mol. The summed E-state index contributed by atoms with van der Waals surface area (Å²) in [5, 5.41) is 8.44. The molecule has 0 saturated carbocycles. The summed E-state index contributed by atoms with van der Waals surface area (Å²) in [6.45, 7) is 13.6. The molecule has 39 heavy (non-hydrogen) atoms. The lowest BCUT2D eigenvalue weighted by Gasteiger charge is -2.38. The number of hydrogen-bond donors (Lipinski definition) is 1. The van der Waals surface area contributed by atoms with Gasteiger partial charge in [-0.05, 0) is 79.4 Å². The number of para-hydroxylation sites is 1. The number of phenolic OH excluding ortho intramolecular Hbond substituents is 1. The van der Waals surface area contributed by atoms with E-state index in [1.807, 2.05) is 81.4 Å². The number of phenols is 1. The third-order valence-electron chi connectivity index (χ3n) is 6.95. The number of benzene rings is 3. The summed E-state index contributed by atoms with van der Waals surface area (Å²) in [7, 11) is -3.97. The second kappa shape index (κ2) is 12.9. The van der Waals surface area contributed by atoms with Crippen molar-refractivity contribution in [3.8, 4) is 17.2 Å². The topological polar surface area (TPSA) is 65.0 Å². The van der Waals surface area contributed by atoms with Crippen LogP contribution in [0.3, 0.4) is 0 Å². The molecule has 1 atom stereocenters. The number of ether oxygens (including phenoxy) is 1. The molecule has 0 saturated heterocycles. The fourth-order valence-corrected chi connectivity index (χ4v) is 6.49. The van der Waals surface area contributed by atoms with Gasteiger partial charge in [0, 0.05) is 5.41 Å². The van der Waals surface area contributed by atoms with Gasteiger partial charge in [0.25, 0.3) is 0 Å². The number of allylic oxidation sites excluding steroid dienone is 4. The highest BCUT2D eigenvalue weighted by Crippen LogP contribution is 2.63. The van der Waals surface area contributed by atoms with Crippen LogP contribution in [-0.4, -0.2) is 10.4 Å². The van der Waals surface area contributed by atoms with Crippen LogP contribution in [0.5, 0.6) is 17.2 Å². The minimum Gasteiger partial charge on any atom is -0.508 e. The van der Waals surface area contributed by atoms with Gasteiger partial charge in [0.05, 0.1) is 0 Å². The minimum atomic E-state index is -3.97. The number of rotatable bonds is 13. The van der Waals surface area contributed by atoms with E-state index in [0.717, 1.165) is 11.1 Å². The Morgan fingerprint density at radius 2 is 1.38 bits per heavy atom. The van der Waals surface area contributed by atoms with Crippen molar-refractivity contribution in [1.82, 2.24) is 0 Å². The van der Waals surface area contributed by atoms with Crippen LogP contribution in [0, 0.1) is 0 Å². The van der Waals surface area contributed by atoms with Crippen molar-refractivity contribution in [1.29, 1.82) is 0 Å². The first-order valence-corrected chi connectivity index (χ1v) is 14.8. The van der Waals surface area contributed by atoms with Gasteiger partial charge in [0.2, 0.25) is 5.34 Å². The molecule has 0 heterocycles. The fourth-order valence-electron chi connectivity index (χ4n) is 4.33. The van der Waals surface area contributed by atoms with E-state index in [-0.39, 0.29) is 11.2 Å². The smallest absolute Gasteiger partial charge is 0.474 e. The third kappa shape index (κ3) is 6.85. The Kier molecular flexibility index (Phi) is 9.88. The molecule has 5 nitrogen and oxygen atoms in total. The van der Waals surface area contributed by atoms with E-state index in [2.05, 4.69) is 20.4 Å². The lowest BCUT2D eigenvalue weighted by Crippen LogP contribution is -2.35. The van der Waals surface area contributed by atoms with Gasteiger partial charge in [-0.1, -0.05) is 88.9 Å². The maximum absolute atomic E-state index is 14.8. The van der Waals surface area contributed by atoms with E-state index in [4.69, 9.17) is 13.8 Å². The molecule has 0 radical (unpaired) electrons. The van der Waals surface area contributed by atoms with Crippen molar-refractivity contribution in [2.45, 2.75) is 58.2 Å². The monoisotopic (exact) mass is 546 g/mol. The normalized spacial score (nSPS) is 14.0. The average molecular weight is 547 g/mol. The predicted octanol–water partition coefficient (Wildman–Crippen LogP) is 9.55. The van der Waals surface area contributed by atoms with Gasteiger partial charge in [-0.3, -0.25) is 0 Å². The Balaban J connectivity index is 2.01. The molecule has 0 spiro atoms. The molecule has 3 aromatic rings. The molecule has 3 rings (SSSR count). The SMILES string of the molecule is C=C/C=C\C(=C/C)OC(CC)(CC)P(=O)(Oc1ccccc1)Oc1ccc(C(C)(C)c2ccc(O)cc2)cc1. The molecule has 0 fully saturated rings. The summed E-state index contributed by atoms with van der Waals surface area (Å²) in [6, 6.07) is 23.8. The quantitative estimate of drug-likeness (QED) is 0.131. The van der Waals surface area contributed by atoms with E-state index < -0.39 is 12.9 Å². The summed E-state index contributed by atoms with van der Waals surface area (Å²) in [5.41, 5.74) is 1.77. The van der Waals surface area contributed by atoms with E-state index in [9.17, 15) is 9.67 Å². The van der Waals surface area contributed by atoms with Gasteiger partial charge >= 0.3 is 7.60 Å². The number of aromatic hydroxyl groups is 1. The Bertz CT molecular complexity index is 1320. The van der Waals surface area contributed by atoms with Gasteiger partial charge in [0.15, 0.2) is 0 Å². The van der Waals surface area contributed by atoms with Crippen molar-refractivity contribution in [3.63, 3.8) is 0 Å². The summed E-state index contributed by atoms with van der Waals surface area (Å²) in [4.78, 5) is 0. The minimum absolute atomic E-state index is 0.228. The highest BCUT2D eigenvalue weighted by Gasteiger charge is 2.54. The molecule has 1 N–H and O–H groups in total. The molecular formula is C33H39O5P. The van der Waals surface area contributed by atoms with E-state index in [1.165, 1.54) is 0 Å². The lowest BCUT2D eigenvalue weighted by atomic mass is 9.78. The van der Waals surface area contributed by atoms with Crippen LogP contribution in [0.2, 0.25) is 0 Å². The van der Waals surface area contributed by atoms with Crippen LogP contribution in [0.1, 0.15) is 58.6 Å². The van der Waals surface area contributed by atoms with E-state index in [0.29, 0.717) is 30.1 Å². The van der Waals surface area contributed by atoms with Gasteiger partial charge in [-0.2, -0.15) is 0 Å². The van der Waals surface area contributed by atoms with Crippen molar-refractivity contribution in [2.24, 2.45) is 0 Å². The molecule has 206 valence electrons. The first kappa shape index (κ1) is 29.9. The van der Waals surface area contributed by atoms with Crippen LogP contribution >= 0.6 is 7.60 Å². The maximum atomic E-state index is 14.8. The lowest BCUT2D eigenvalue weighted by molar-refractivity contribution is 0.0524. The van der Waals surface area contributed by atoms with Gasteiger partial charge in [-0.15, -0.1) is 0 Å². The van der Waals surface area contributed by atoms with E-state index in [1.54, 1.807) is 42.5 Å². The largest absolute Gasteiger partial charge is 0.508 e. The first-order chi connectivity index (χ1) is 18.6. The Morgan fingerprint density at radius 1 is 0.872 bits per heavy atom. The van der Waals surface area contributed by atoms with Crippen molar-refractivity contribution >= 4 is 7.60 Å². The summed E-state index contributed by atoms with van der Waals surface area (Å²) >= 11 is 0. The molecule has 0 bridgehead atoms. The summed E-state index contributed by atoms with van der Waals surface area (Å²) in [6.07, 6.45) is 7.79. The molecule has 1 unspecified atom stereocenters. The van der Waals surface area contributed by atoms with Crippen molar-refractivity contribution < 1.29 is 23.5 Å². The zero-order valence-corrected chi connectivity index (χ0v) is 24.4. The fraction of sp³-hybridized carbons (Fsp3) is 0.273. The predicted molar refractivity (Wildman–Crippen MR) is 159 cm³/mol. The standard InChI is InChI=1S/C33H39O5P/c1-7-11-15-29(8-2)36-33(9-3,10-4)39(35,37-30-16-13-12-14-17-30)38-31-24-20-27(21-25-31)32(5,6)26-18-22-28(34)23-19-26/h7-8,11-25,34H,1,9-10H2,2-6H3/b15-11-,29-8+. The molecule has 0 aliphatic rings. The van der Waals surface area contributed by atoms with Crippen LogP contribution in [0.25, 0.3) is 0 Å². The summed E-state index contributed by atoms with van der Waals surface area (Å²) in [5.74, 6) is 1.62. The zero-order valence-electron chi connectivity index (χ0n) is 23.5.